The van der Waals surface area contributed by atoms with Crippen LogP contribution in [0.5, 0.6) is 11.5 Å². The van der Waals surface area contributed by atoms with Crippen LogP contribution in [0, 0.1) is 0 Å². The number of benzene rings is 2. The first-order valence-corrected chi connectivity index (χ1v) is 9.68. The van der Waals surface area contributed by atoms with Crippen LogP contribution in [0.2, 0.25) is 0 Å². The second-order valence-corrected chi connectivity index (χ2v) is 6.81. The van der Waals surface area contributed by atoms with Crippen LogP contribution in [0.3, 0.4) is 0 Å². The van der Waals surface area contributed by atoms with Gasteiger partial charge in [0.05, 0.1) is 19.4 Å². The number of rotatable bonds is 8. The van der Waals surface area contributed by atoms with E-state index in [2.05, 4.69) is 15.8 Å². The third-order valence-corrected chi connectivity index (χ3v) is 4.55. The first-order chi connectivity index (χ1) is 13.7. The Morgan fingerprint density at radius 2 is 2.11 bits per heavy atom. The van der Waals surface area contributed by atoms with Gasteiger partial charge in [0.15, 0.2) is 16.6 Å². The molecule has 1 atom stereocenters. The SMILES string of the molecule is COc1ccc(/C=N\NC(=S)NC[C@@H]2CCCO2)cc1OCc1ccccc1. The highest BCUT2D eigenvalue weighted by molar-refractivity contribution is 7.80. The van der Waals surface area contributed by atoms with Crippen LogP contribution in [0.4, 0.5) is 0 Å². The first kappa shape index (κ1) is 20.1. The summed E-state index contributed by atoms with van der Waals surface area (Å²) < 4.78 is 16.9. The van der Waals surface area contributed by atoms with E-state index in [-0.39, 0.29) is 6.10 Å². The van der Waals surface area contributed by atoms with E-state index < -0.39 is 0 Å². The largest absolute Gasteiger partial charge is 0.493 e. The molecule has 28 heavy (non-hydrogen) atoms. The van der Waals surface area contributed by atoms with E-state index in [1.165, 1.54) is 0 Å². The number of thiocarbonyl (C=S) groups is 1. The minimum atomic E-state index is 0.231. The third-order valence-electron chi connectivity index (χ3n) is 4.32. The number of methoxy groups -OCH3 is 1. The van der Waals surface area contributed by atoms with E-state index >= 15 is 0 Å². The van der Waals surface area contributed by atoms with Gasteiger partial charge in [-0.05, 0) is 54.4 Å². The molecule has 0 aromatic heterocycles. The molecule has 0 radical (unpaired) electrons. The van der Waals surface area contributed by atoms with Gasteiger partial charge < -0.3 is 19.5 Å². The van der Waals surface area contributed by atoms with Crippen molar-refractivity contribution in [2.24, 2.45) is 5.10 Å². The fourth-order valence-electron chi connectivity index (χ4n) is 2.84. The van der Waals surface area contributed by atoms with E-state index in [0.717, 1.165) is 30.6 Å². The summed E-state index contributed by atoms with van der Waals surface area (Å²) in [5.41, 5.74) is 4.79. The van der Waals surface area contributed by atoms with Crippen LogP contribution < -0.4 is 20.2 Å². The van der Waals surface area contributed by atoms with Crippen LogP contribution in [0.1, 0.15) is 24.0 Å². The van der Waals surface area contributed by atoms with Gasteiger partial charge in [0.1, 0.15) is 6.61 Å². The van der Waals surface area contributed by atoms with Crippen molar-refractivity contribution < 1.29 is 14.2 Å². The van der Waals surface area contributed by atoms with Gasteiger partial charge in [0.25, 0.3) is 0 Å². The predicted molar refractivity (Wildman–Crippen MR) is 114 cm³/mol. The number of hydrazone groups is 1. The Balaban J connectivity index is 1.52. The smallest absolute Gasteiger partial charge is 0.187 e. The van der Waals surface area contributed by atoms with Gasteiger partial charge in [-0.15, -0.1) is 0 Å². The normalized spacial score (nSPS) is 16.1. The highest BCUT2D eigenvalue weighted by Crippen LogP contribution is 2.28. The van der Waals surface area contributed by atoms with Crippen LogP contribution in [0.25, 0.3) is 0 Å². The maximum absolute atomic E-state index is 5.92. The molecule has 1 saturated heterocycles. The molecule has 1 aliphatic rings. The minimum absolute atomic E-state index is 0.231. The van der Waals surface area contributed by atoms with Crippen molar-refractivity contribution in [2.75, 3.05) is 20.3 Å². The van der Waals surface area contributed by atoms with Gasteiger partial charge in [-0.1, -0.05) is 30.3 Å². The molecule has 2 aromatic rings. The van der Waals surface area contributed by atoms with Crippen molar-refractivity contribution in [3.8, 4) is 11.5 Å². The van der Waals surface area contributed by atoms with Gasteiger partial charge in [-0.25, -0.2) is 0 Å². The summed E-state index contributed by atoms with van der Waals surface area (Å²) >= 11 is 5.23. The van der Waals surface area contributed by atoms with Crippen LogP contribution in [-0.2, 0) is 11.3 Å². The summed E-state index contributed by atoms with van der Waals surface area (Å²) in [6, 6.07) is 15.6. The summed E-state index contributed by atoms with van der Waals surface area (Å²) in [6.07, 6.45) is 4.09. The van der Waals surface area contributed by atoms with Crippen LogP contribution in [-0.4, -0.2) is 37.7 Å². The fraction of sp³-hybridized carbons (Fsp3) is 0.333. The molecule has 3 rings (SSSR count). The van der Waals surface area contributed by atoms with E-state index in [1.54, 1.807) is 13.3 Å². The molecule has 7 heteroatoms. The molecule has 1 heterocycles. The molecule has 2 N–H and O–H groups in total. The van der Waals surface area contributed by atoms with Gasteiger partial charge in [-0.2, -0.15) is 5.10 Å². The first-order valence-electron chi connectivity index (χ1n) is 9.28. The van der Waals surface area contributed by atoms with Crippen molar-refractivity contribution in [1.82, 2.24) is 10.7 Å². The molecule has 0 bridgehead atoms. The highest BCUT2D eigenvalue weighted by atomic mass is 32.1. The van der Waals surface area contributed by atoms with E-state index in [1.807, 2.05) is 48.5 Å². The Kier molecular flexibility index (Phi) is 7.63. The monoisotopic (exact) mass is 399 g/mol. The molecule has 0 amide bonds. The Labute approximate surface area is 170 Å². The van der Waals surface area contributed by atoms with Crippen molar-refractivity contribution >= 4 is 23.5 Å². The summed E-state index contributed by atoms with van der Waals surface area (Å²) in [5, 5.41) is 7.77. The topological polar surface area (TPSA) is 64.1 Å². The zero-order chi connectivity index (χ0) is 19.6. The molecule has 148 valence electrons. The molecular formula is C21H25N3O3S. The lowest BCUT2D eigenvalue weighted by atomic mass is 10.2. The molecule has 0 aliphatic carbocycles. The van der Waals surface area contributed by atoms with Gasteiger partial charge >= 0.3 is 0 Å². The lowest BCUT2D eigenvalue weighted by molar-refractivity contribution is 0.114. The summed E-state index contributed by atoms with van der Waals surface area (Å²) in [7, 11) is 1.62. The number of hydrogen-bond donors (Lipinski definition) is 2. The lowest BCUT2D eigenvalue weighted by Gasteiger charge is -2.12. The van der Waals surface area contributed by atoms with Gasteiger partial charge in [0.2, 0.25) is 0 Å². The Hall–Kier alpha value is -2.64. The second kappa shape index (κ2) is 10.6. The highest BCUT2D eigenvalue weighted by Gasteiger charge is 2.15. The molecule has 0 saturated carbocycles. The molecule has 0 spiro atoms. The van der Waals surface area contributed by atoms with Crippen molar-refractivity contribution in [3.63, 3.8) is 0 Å². The van der Waals surface area contributed by atoms with E-state index in [0.29, 0.717) is 29.8 Å². The Morgan fingerprint density at radius 1 is 1.25 bits per heavy atom. The maximum atomic E-state index is 5.92. The van der Waals surface area contributed by atoms with Crippen LogP contribution >= 0.6 is 12.2 Å². The quantitative estimate of drug-likeness (QED) is 0.404. The van der Waals surface area contributed by atoms with Crippen molar-refractivity contribution in [2.45, 2.75) is 25.6 Å². The maximum Gasteiger partial charge on any atom is 0.187 e. The average Bonchev–Trinajstić information content (AvgIpc) is 3.25. The summed E-state index contributed by atoms with van der Waals surface area (Å²) in [4.78, 5) is 0. The van der Waals surface area contributed by atoms with Crippen molar-refractivity contribution in [1.29, 1.82) is 0 Å². The number of ether oxygens (including phenoxy) is 3. The fourth-order valence-corrected chi connectivity index (χ4v) is 2.97. The number of hydrogen-bond acceptors (Lipinski definition) is 5. The molecular weight excluding hydrogens is 374 g/mol. The van der Waals surface area contributed by atoms with Gasteiger partial charge in [-0.3, -0.25) is 5.43 Å². The molecule has 1 fully saturated rings. The average molecular weight is 400 g/mol. The predicted octanol–water partition coefficient (Wildman–Crippen LogP) is 3.25. The lowest BCUT2D eigenvalue weighted by Crippen LogP contribution is -2.37. The molecule has 0 unspecified atom stereocenters. The zero-order valence-corrected chi connectivity index (χ0v) is 16.7. The minimum Gasteiger partial charge on any atom is -0.493 e. The van der Waals surface area contributed by atoms with Crippen molar-refractivity contribution in [3.05, 3.63) is 59.7 Å². The van der Waals surface area contributed by atoms with E-state index in [9.17, 15) is 0 Å². The number of nitrogens with zero attached hydrogens (tertiary/aromatic N) is 1. The standard InChI is InChI=1S/C21H25N3O3S/c1-25-19-10-9-17(12-20(19)27-15-16-6-3-2-4-7-16)13-23-24-21(28)22-14-18-8-5-11-26-18/h2-4,6-7,9-10,12-13,18H,5,8,11,14-15H2,1H3,(H2,22,24,28)/b23-13-/t18-/m0/s1. The Bertz CT molecular complexity index is 793. The van der Waals surface area contributed by atoms with E-state index in [4.69, 9.17) is 26.4 Å². The molecule has 2 aromatic carbocycles. The van der Waals surface area contributed by atoms with Crippen LogP contribution in [0.15, 0.2) is 53.6 Å². The second-order valence-electron chi connectivity index (χ2n) is 6.40. The Morgan fingerprint density at radius 3 is 2.86 bits per heavy atom. The number of nitrogens with one attached hydrogen (secondary N) is 2. The third kappa shape index (κ3) is 6.21. The molecule has 1 aliphatic heterocycles. The van der Waals surface area contributed by atoms with Gasteiger partial charge in [0, 0.05) is 13.2 Å². The summed E-state index contributed by atoms with van der Waals surface area (Å²) in [6.45, 7) is 1.99. The molecule has 6 nitrogen and oxygen atoms in total. The zero-order valence-electron chi connectivity index (χ0n) is 15.9. The summed E-state index contributed by atoms with van der Waals surface area (Å²) in [5.74, 6) is 1.34.